The maximum Gasteiger partial charge on any atom is 0.158 e. The molecule has 0 aliphatic heterocycles. The number of aromatic nitrogens is 2. The largest absolute Gasteiger partial charge is 0.504 e. The van der Waals surface area contributed by atoms with Gasteiger partial charge in [-0.25, -0.2) is 0 Å². The summed E-state index contributed by atoms with van der Waals surface area (Å²) in [6.07, 6.45) is 1.61. The predicted molar refractivity (Wildman–Crippen MR) is 46.6 cm³/mol. The summed E-state index contributed by atoms with van der Waals surface area (Å²) in [7, 11) is 0. The molecule has 0 saturated heterocycles. The summed E-state index contributed by atoms with van der Waals surface area (Å²) in [5, 5.41) is 13.4. The van der Waals surface area contributed by atoms with Gasteiger partial charge in [0.15, 0.2) is 5.75 Å². The molecule has 4 nitrogen and oxygen atoms in total. The smallest absolute Gasteiger partial charge is 0.158 e. The van der Waals surface area contributed by atoms with Crippen molar-refractivity contribution in [3.8, 4) is 5.75 Å². The lowest BCUT2D eigenvalue weighted by Crippen LogP contribution is -2.06. The van der Waals surface area contributed by atoms with Gasteiger partial charge in [-0.1, -0.05) is 13.8 Å². The Bertz CT molecular complexity index is 255. The molecule has 0 spiro atoms. The van der Waals surface area contributed by atoms with Crippen LogP contribution >= 0.6 is 0 Å². The maximum absolute atomic E-state index is 9.28. The third-order valence-electron chi connectivity index (χ3n) is 1.56. The fourth-order valence-corrected chi connectivity index (χ4v) is 1.06. The second-order valence-electron chi connectivity index (χ2n) is 3.28. The van der Waals surface area contributed by atoms with Gasteiger partial charge in [-0.05, 0) is 5.92 Å². The summed E-state index contributed by atoms with van der Waals surface area (Å²) in [6, 6.07) is 0. The van der Waals surface area contributed by atoms with Crippen molar-refractivity contribution in [2.24, 2.45) is 11.7 Å². The lowest BCUT2D eigenvalue weighted by atomic mass is 10.2. The van der Waals surface area contributed by atoms with Crippen LogP contribution in [0.5, 0.6) is 5.75 Å². The molecule has 0 fully saturated rings. The Morgan fingerprint density at radius 1 is 1.67 bits per heavy atom. The van der Waals surface area contributed by atoms with Gasteiger partial charge in [0, 0.05) is 13.1 Å². The average Bonchev–Trinajstić information content (AvgIpc) is 2.29. The van der Waals surface area contributed by atoms with Crippen LogP contribution < -0.4 is 5.73 Å². The van der Waals surface area contributed by atoms with E-state index in [2.05, 4.69) is 18.9 Å². The standard InChI is InChI=1S/C8H15N3O/c1-6(2)4-11-5-8(12)7(3-9)10-11/h5-6,12H,3-4,9H2,1-2H3. The van der Waals surface area contributed by atoms with Gasteiger partial charge in [-0.2, -0.15) is 5.10 Å². The van der Waals surface area contributed by atoms with Gasteiger partial charge in [-0.15, -0.1) is 0 Å². The second kappa shape index (κ2) is 3.58. The van der Waals surface area contributed by atoms with E-state index >= 15 is 0 Å². The van der Waals surface area contributed by atoms with E-state index in [-0.39, 0.29) is 12.3 Å². The molecule has 0 unspecified atom stereocenters. The molecule has 0 atom stereocenters. The molecule has 1 rings (SSSR count). The van der Waals surface area contributed by atoms with Gasteiger partial charge >= 0.3 is 0 Å². The first kappa shape index (κ1) is 9.06. The highest BCUT2D eigenvalue weighted by atomic mass is 16.3. The van der Waals surface area contributed by atoms with Crippen molar-refractivity contribution >= 4 is 0 Å². The van der Waals surface area contributed by atoms with Crippen LogP contribution in [-0.2, 0) is 13.1 Å². The highest BCUT2D eigenvalue weighted by Gasteiger charge is 2.05. The zero-order valence-electron chi connectivity index (χ0n) is 7.49. The van der Waals surface area contributed by atoms with Crippen LogP contribution in [-0.4, -0.2) is 14.9 Å². The summed E-state index contributed by atoms with van der Waals surface area (Å²) >= 11 is 0. The summed E-state index contributed by atoms with van der Waals surface area (Å²) in [6.45, 7) is 5.30. The average molecular weight is 169 g/mol. The second-order valence-corrected chi connectivity index (χ2v) is 3.28. The quantitative estimate of drug-likeness (QED) is 0.700. The minimum absolute atomic E-state index is 0.193. The van der Waals surface area contributed by atoms with Crippen LogP contribution in [0, 0.1) is 5.92 Å². The highest BCUT2D eigenvalue weighted by molar-refractivity contribution is 5.21. The summed E-state index contributed by atoms with van der Waals surface area (Å²) in [5.41, 5.74) is 5.92. The molecule has 0 aliphatic rings. The zero-order valence-corrected chi connectivity index (χ0v) is 7.49. The van der Waals surface area contributed by atoms with Gasteiger partial charge < -0.3 is 10.8 Å². The van der Waals surface area contributed by atoms with Gasteiger partial charge in [0.2, 0.25) is 0 Å². The third kappa shape index (κ3) is 1.98. The van der Waals surface area contributed by atoms with Crippen molar-refractivity contribution in [2.45, 2.75) is 26.9 Å². The van der Waals surface area contributed by atoms with Crippen LogP contribution in [0.15, 0.2) is 6.20 Å². The number of hydrogen-bond donors (Lipinski definition) is 2. The Morgan fingerprint density at radius 2 is 2.33 bits per heavy atom. The Balaban J connectivity index is 2.75. The fourth-order valence-electron chi connectivity index (χ4n) is 1.06. The number of nitrogens with zero attached hydrogens (tertiary/aromatic N) is 2. The molecule has 3 N–H and O–H groups in total. The van der Waals surface area contributed by atoms with Crippen LogP contribution in [0.25, 0.3) is 0 Å². The van der Waals surface area contributed by atoms with Crippen molar-refractivity contribution < 1.29 is 5.11 Å². The lowest BCUT2D eigenvalue weighted by Gasteiger charge is -2.02. The van der Waals surface area contributed by atoms with E-state index in [0.717, 1.165) is 6.54 Å². The van der Waals surface area contributed by atoms with Crippen LogP contribution in [0.1, 0.15) is 19.5 Å². The first-order chi connectivity index (χ1) is 5.63. The Labute approximate surface area is 72.0 Å². The first-order valence-electron chi connectivity index (χ1n) is 4.09. The first-order valence-corrected chi connectivity index (χ1v) is 4.09. The maximum atomic E-state index is 9.28. The third-order valence-corrected chi connectivity index (χ3v) is 1.56. The molecule has 0 saturated carbocycles. The molecule has 4 heteroatoms. The van der Waals surface area contributed by atoms with Crippen LogP contribution in [0.3, 0.4) is 0 Å². The van der Waals surface area contributed by atoms with E-state index in [0.29, 0.717) is 11.6 Å². The van der Waals surface area contributed by atoms with Crippen LogP contribution in [0.2, 0.25) is 0 Å². The van der Waals surface area contributed by atoms with E-state index < -0.39 is 0 Å². The summed E-state index contributed by atoms with van der Waals surface area (Å²) < 4.78 is 1.72. The molecule has 0 radical (unpaired) electrons. The minimum Gasteiger partial charge on any atom is -0.504 e. The number of hydrogen-bond acceptors (Lipinski definition) is 3. The van der Waals surface area contributed by atoms with Crippen molar-refractivity contribution in [3.63, 3.8) is 0 Å². The van der Waals surface area contributed by atoms with Crippen molar-refractivity contribution in [3.05, 3.63) is 11.9 Å². The normalized spacial score (nSPS) is 11.0. The monoisotopic (exact) mass is 169 g/mol. The van der Waals surface area contributed by atoms with Gasteiger partial charge in [0.1, 0.15) is 5.69 Å². The molecule has 0 aliphatic carbocycles. The SMILES string of the molecule is CC(C)Cn1cc(O)c(CN)n1. The molecule has 1 aromatic rings. The Kier molecular flexibility index (Phi) is 2.70. The molecular weight excluding hydrogens is 154 g/mol. The molecule has 1 aromatic heterocycles. The van der Waals surface area contributed by atoms with Gasteiger partial charge in [0.05, 0.1) is 6.20 Å². The Morgan fingerprint density at radius 3 is 2.75 bits per heavy atom. The molecule has 0 amide bonds. The predicted octanol–water partition coefficient (Wildman–Crippen LogP) is 0.703. The molecule has 12 heavy (non-hydrogen) atoms. The molecule has 0 bridgehead atoms. The summed E-state index contributed by atoms with van der Waals surface area (Å²) in [5.74, 6) is 0.716. The molecular formula is C8H15N3O. The molecule has 0 aromatic carbocycles. The number of nitrogens with two attached hydrogens (primary N) is 1. The van der Waals surface area contributed by atoms with E-state index in [1.165, 1.54) is 0 Å². The zero-order chi connectivity index (χ0) is 9.14. The topological polar surface area (TPSA) is 64.1 Å². The molecule has 68 valence electrons. The summed E-state index contributed by atoms with van der Waals surface area (Å²) in [4.78, 5) is 0. The fraction of sp³-hybridized carbons (Fsp3) is 0.625. The van der Waals surface area contributed by atoms with Gasteiger partial charge in [0.25, 0.3) is 0 Å². The van der Waals surface area contributed by atoms with Crippen molar-refractivity contribution in [1.82, 2.24) is 9.78 Å². The number of aromatic hydroxyl groups is 1. The Hall–Kier alpha value is -1.03. The number of rotatable bonds is 3. The van der Waals surface area contributed by atoms with Gasteiger partial charge in [-0.3, -0.25) is 4.68 Å². The highest BCUT2D eigenvalue weighted by Crippen LogP contribution is 2.14. The molecule has 1 heterocycles. The van der Waals surface area contributed by atoms with E-state index in [4.69, 9.17) is 5.73 Å². The van der Waals surface area contributed by atoms with Crippen molar-refractivity contribution in [1.29, 1.82) is 0 Å². The minimum atomic E-state index is 0.193. The van der Waals surface area contributed by atoms with E-state index in [1.54, 1.807) is 10.9 Å². The van der Waals surface area contributed by atoms with E-state index in [1.807, 2.05) is 0 Å². The lowest BCUT2D eigenvalue weighted by molar-refractivity contribution is 0.461. The van der Waals surface area contributed by atoms with Crippen LogP contribution in [0.4, 0.5) is 0 Å². The van der Waals surface area contributed by atoms with E-state index in [9.17, 15) is 5.11 Å². The van der Waals surface area contributed by atoms with Crippen molar-refractivity contribution in [2.75, 3.05) is 0 Å².